The molecule has 0 bridgehead atoms. The lowest BCUT2D eigenvalue weighted by Crippen LogP contribution is -2.40. The molecule has 0 fully saturated rings. The molecular weight excluding hydrogens is 290 g/mol. The fourth-order valence-electron chi connectivity index (χ4n) is 2.20. The van der Waals surface area contributed by atoms with Gasteiger partial charge in [0.15, 0.2) is 0 Å². The number of benzene rings is 1. The van der Waals surface area contributed by atoms with Crippen molar-refractivity contribution in [1.29, 1.82) is 0 Å². The topological polar surface area (TPSA) is 47.6 Å². The van der Waals surface area contributed by atoms with E-state index in [2.05, 4.69) is 19.2 Å². The summed E-state index contributed by atoms with van der Waals surface area (Å²) in [6.07, 6.45) is 2.02. The third-order valence-corrected chi connectivity index (χ3v) is 3.83. The van der Waals surface area contributed by atoms with Gasteiger partial charge in [0.2, 0.25) is 0 Å². The molecule has 0 spiro atoms. The van der Waals surface area contributed by atoms with Crippen LogP contribution in [0.3, 0.4) is 0 Å². The molecule has 1 N–H and O–H groups in total. The van der Waals surface area contributed by atoms with Crippen molar-refractivity contribution in [2.45, 2.75) is 73.0 Å². The molecule has 1 rings (SSSR count). The van der Waals surface area contributed by atoms with E-state index < -0.39 is 5.60 Å². The molecule has 1 aromatic carbocycles. The Morgan fingerprint density at radius 1 is 1.22 bits per heavy atom. The fourth-order valence-corrected chi connectivity index (χ4v) is 2.20. The smallest absolute Gasteiger partial charge is 0.256 e. The van der Waals surface area contributed by atoms with Crippen molar-refractivity contribution in [3.05, 3.63) is 23.3 Å². The second kappa shape index (κ2) is 8.34. The lowest BCUT2D eigenvalue weighted by atomic mass is 10.1. The number of amides is 1. The van der Waals surface area contributed by atoms with Gasteiger partial charge in [0.05, 0.1) is 6.10 Å². The van der Waals surface area contributed by atoms with Crippen molar-refractivity contribution in [3.8, 4) is 5.75 Å². The number of carbonyl (C=O) groups excluding carboxylic acids is 1. The van der Waals surface area contributed by atoms with Crippen molar-refractivity contribution in [1.82, 2.24) is 0 Å². The Bertz CT molecular complexity index is 514. The summed E-state index contributed by atoms with van der Waals surface area (Å²) in [7, 11) is 0. The molecule has 1 atom stereocenters. The molecule has 1 amide bonds. The summed E-state index contributed by atoms with van der Waals surface area (Å²) in [6.45, 7) is 14.3. The van der Waals surface area contributed by atoms with Crippen LogP contribution in [0.25, 0.3) is 0 Å². The van der Waals surface area contributed by atoms with E-state index >= 15 is 0 Å². The van der Waals surface area contributed by atoms with E-state index in [9.17, 15) is 4.79 Å². The maximum atomic E-state index is 12.4. The van der Waals surface area contributed by atoms with Gasteiger partial charge in [-0.2, -0.15) is 0 Å². The first kappa shape index (κ1) is 19.5. The van der Waals surface area contributed by atoms with Crippen molar-refractivity contribution >= 4 is 11.6 Å². The average Bonchev–Trinajstić information content (AvgIpc) is 2.48. The molecule has 0 aromatic heterocycles. The van der Waals surface area contributed by atoms with Gasteiger partial charge in [-0.15, -0.1) is 0 Å². The van der Waals surface area contributed by atoms with Crippen LogP contribution >= 0.6 is 0 Å². The Morgan fingerprint density at radius 2 is 1.78 bits per heavy atom. The second-order valence-electron chi connectivity index (χ2n) is 6.59. The number of carbonyl (C=O) groups is 1. The van der Waals surface area contributed by atoms with Crippen LogP contribution in [0.1, 0.15) is 58.6 Å². The largest absolute Gasteiger partial charge is 0.490 e. The zero-order valence-corrected chi connectivity index (χ0v) is 15.6. The van der Waals surface area contributed by atoms with Gasteiger partial charge in [0.1, 0.15) is 11.4 Å². The van der Waals surface area contributed by atoms with Gasteiger partial charge < -0.3 is 14.8 Å². The zero-order chi connectivity index (χ0) is 17.6. The molecule has 0 radical (unpaired) electrons. The summed E-state index contributed by atoms with van der Waals surface area (Å²) in [5.41, 5.74) is 1.97. The maximum absolute atomic E-state index is 12.4. The molecule has 4 heteroatoms. The molecule has 4 nitrogen and oxygen atoms in total. The van der Waals surface area contributed by atoms with Crippen LogP contribution in [0, 0.1) is 13.8 Å². The summed E-state index contributed by atoms with van der Waals surface area (Å²) in [6, 6.07) is 3.89. The van der Waals surface area contributed by atoms with E-state index in [1.54, 1.807) is 13.8 Å². The van der Waals surface area contributed by atoms with Crippen LogP contribution < -0.4 is 10.1 Å². The van der Waals surface area contributed by atoms with Crippen molar-refractivity contribution in [3.63, 3.8) is 0 Å². The van der Waals surface area contributed by atoms with Crippen LogP contribution in [0.5, 0.6) is 5.75 Å². The van der Waals surface area contributed by atoms with E-state index in [1.807, 2.05) is 32.9 Å². The molecule has 0 aliphatic rings. The van der Waals surface area contributed by atoms with Crippen molar-refractivity contribution in [2.75, 3.05) is 11.9 Å². The molecule has 0 aliphatic heterocycles. The van der Waals surface area contributed by atoms with E-state index in [0.717, 1.165) is 35.4 Å². The lowest BCUT2D eigenvalue weighted by Gasteiger charge is -2.24. The molecule has 0 saturated heterocycles. The van der Waals surface area contributed by atoms with Gasteiger partial charge in [-0.3, -0.25) is 4.79 Å². The van der Waals surface area contributed by atoms with Crippen molar-refractivity contribution in [2.24, 2.45) is 0 Å². The minimum absolute atomic E-state index is 0.139. The van der Waals surface area contributed by atoms with Crippen LogP contribution in [0.4, 0.5) is 5.69 Å². The third kappa shape index (κ3) is 5.54. The Morgan fingerprint density at radius 3 is 2.26 bits per heavy atom. The van der Waals surface area contributed by atoms with Gasteiger partial charge >= 0.3 is 0 Å². The Kier molecular flexibility index (Phi) is 7.07. The summed E-state index contributed by atoms with van der Waals surface area (Å²) in [5.74, 6) is 0.763. The number of nitrogens with one attached hydrogen (secondary N) is 1. The standard InChI is InChI=1S/C19H31NO3/c1-8-10-22-19(6,7)18(21)20-16-11-13(3)17(14(4)12-16)23-15(5)9-2/h11-12,15H,8-10H2,1-7H3,(H,20,21)/t15-/m0/s1. The van der Waals surface area contributed by atoms with Gasteiger partial charge in [-0.1, -0.05) is 13.8 Å². The first-order chi connectivity index (χ1) is 10.7. The third-order valence-electron chi connectivity index (χ3n) is 3.83. The van der Waals surface area contributed by atoms with Gasteiger partial charge in [0, 0.05) is 12.3 Å². The molecule has 0 heterocycles. The highest BCUT2D eigenvalue weighted by Crippen LogP contribution is 2.29. The summed E-state index contributed by atoms with van der Waals surface area (Å²) in [5, 5.41) is 2.95. The number of aryl methyl sites for hydroxylation is 2. The van der Waals surface area contributed by atoms with E-state index in [-0.39, 0.29) is 12.0 Å². The van der Waals surface area contributed by atoms with Crippen LogP contribution in [0.2, 0.25) is 0 Å². The summed E-state index contributed by atoms with van der Waals surface area (Å²) in [4.78, 5) is 12.4. The van der Waals surface area contributed by atoms with Crippen LogP contribution in [-0.4, -0.2) is 24.2 Å². The van der Waals surface area contributed by atoms with Gasteiger partial charge in [-0.05, 0) is 70.7 Å². The molecule has 23 heavy (non-hydrogen) atoms. The second-order valence-corrected chi connectivity index (χ2v) is 6.59. The highest BCUT2D eigenvalue weighted by Gasteiger charge is 2.28. The zero-order valence-electron chi connectivity index (χ0n) is 15.6. The lowest BCUT2D eigenvalue weighted by molar-refractivity contribution is -0.137. The quantitative estimate of drug-likeness (QED) is 0.759. The predicted octanol–water partition coefficient (Wildman–Crippen LogP) is 4.62. The van der Waals surface area contributed by atoms with Crippen LogP contribution in [0.15, 0.2) is 12.1 Å². The number of anilines is 1. The summed E-state index contributed by atoms with van der Waals surface area (Å²) < 4.78 is 11.6. The summed E-state index contributed by atoms with van der Waals surface area (Å²) >= 11 is 0. The van der Waals surface area contributed by atoms with Crippen LogP contribution in [-0.2, 0) is 9.53 Å². The highest BCUT2D eigenvalue weighted by molar-refractivity contribution is 5.97. The number of hydrogen-bond acceptors (Lipinski definition) is 3. The molecule has 0 unspecified atom stereocenters. The number of rotatable bonds is 8. The average molecular weight is 321 g/mol. The highest BCUT2D eigenvalue weighted by atomic mass is 16.5. The monoisotopic (exact) mass is 321 g/mol. The van der Waals surface area contributed by atoms with E-state index in [4.69, 9.17) is 9.47 Å². The molecule has 0 aliphatic carbocycles. The Hall–Kier alpha value is -1.55. The predicted molar refractivity (Wildman–Crippen MR) is 95.2 cm³/mol. The van der Waals surface area contributed by atoms with Crippen molar-refractivity contribution < 1.29 is 14.3 Å². The Labute approximate surface area is 140 Å². The minimum Gasteiger partial charge on any atom is -0.490 e. The molecule has 0 saturated carbocycles. The first-order valence-corrected chi connectivity index (χ1v) is 8.44. The molecule has 130 valence electrons. The maximum Gasteiger partial charge on any atom is 0.256 e. The normalized spacial score (nSPS) is 12.8. The SMILES string of the molecule is CCCOC(C)(C)C(=O)Nc1cc(C)c(O[C@@H](C)CC)c(C)c1. The molecule has 1 aromatic rings. The minimum atomic E-state index is -0.844. The molecular formula is C19H31NO3. The van der Waals surface area contributed by atoms with Gasteiger partial charge in [-0.25, -0.2) is 0 Å². The van der Waals surface area contributed by atoms with E-state index in [0.29, 0.717) is 6.61 Å². The fraction of sp³-hybridized carbons (Fsp3) is 0.632. The Balaban J connectivity index is 2.88. The van der Waals surface area contributed by atoms with E-state index in [1.165, 1.54) is 0 Å². The first-order valence-electron chi connectivity index (χ1n) is 8.44. The number of hydrogen-bond donors (Lipinski definition) is 1. The van der Waals surface area contributed by atoms with Gasteiger partial charge in [0.25, 0.3) is 5.91 Å². The number of ether oxygens (including phenoxy) is 2.